The zero-order chi connectivity index (χ0) is 14.7. The van der Waals surface area contributed by atoms with Crippen LogP contribution in [0.25, 0.3) is 11.3 Å². The number of nitrogens with zero attached hydrogens (tertiary/aromatic N) is 1. The number of carbonyl (C=O) groups is 1. The second-order valence-corrected chi connectivity index (χ2v) is 4.59. The average Bonchev–Trinajstić information content (AvgIpc) is 2.42. The van der Waals surface area contributed by atoms with Gasteiger partial charge in [-0.15, -0.1) is 0 Å². The van der Waals surface area contributed by atoms with Crippen LogP contribution < -0.4 is 0 Å². The topological polar surface area (TPSA) is 39.2 Å². The number of carbonyl (C=O) groups excluding carboxylic acids is 1. The number of hydrogen-bond donors (Lipinski definition) is 0. The zero-order valence-electron chi connectivity index (χ0n) is 11.1. The molecular weight excluding hydrogens is 281 g/mol. The first-order chi connectivity index (χ1) is 9.52. The first-order valence-corrected chi connectivity index (χ1v) is 6.51. The third-order valence-electron chi connectivity index (χ3n) is 2.80. The van der Waals surface area contributed by atoms with Gasteiger partial charge in [-0.05, 0) is 44.2 Å². The van der Waals surface area contributed by atoms with E-state index in [2.05, 4.69) is 4.98 Å². The van der Waals surface area contributed by atoms with Crippen molar-refractivity contribution in [3.05, 3.63) is 52.4 Å². The molecule has 3 nitrogen and oxygen atoms in total. The quantitative estimate of drug-likeness (QED) is 0.802. The number of esters is 1. The van der Waals surface area contributed by atoms with E-state index in [4.69, 9.17) is 16.3 Å². The van der Waals surface area contributed by atoms with Crippen molar-refractivity contribution in [1.29, 1.82) is 0 Å². The minimum absolute atomic E-state index is 0.0384. The van der Waals surface area contributed by atoms with Crippen molar-refractivity contribution in [2.24, 2.45) is 0 Å². The first kappa shape index (κ1) is 14.5. The van der Waals surface area contributed by atoms with Crippen LogP contribution in [0.4, 0.5) is 4.39 Å². The fourth-order valence-electron chi connectivity index (χ4n) is 1.80. The fraction of sp³-hybridized carbons (Fsp3) is 0.200. The van der Waals surface area contributed by atoms with Crippen molar-refractivity contribution in [3.63, 3.8) is 0 Å². The summed E-state index contributed by atoms with van der Waals surface area (Å²) in [5, 5.41) is 0.0384. The van der Waals surface area contributed by atoms with Gasteiger partial charge in [-0.1, -0.05) is 11.6 Å². The summed E-state index contributed by atoms with van der Waals surface area (Å²) in [4.78, 5) is 16.0. The van der Waals surface area contributed by atoms with Gasteiger partial charge in [0.1, 0.15) is 5.82 Å². The van der Waals surface area contributed by atoms with E-state index < -0.39 is 11.8 Å². The zero-order valence-corrected chi connectivity index (χ0v) is 11.9. The Labute approximate surface area is 121 Å². The molecule has 104 valence electrons. The smallest absolute Gasteiger partial charge is 0.339 e. The Balaban J connectivity index is 2.37. The maximum Gasteiger partial charge on any atom is 0.339 e. The van der Waals surface area contributed by atoms with E-state index in [1.807, 2.05) is 0 Å². The SMILES string of the molecule is CCOC(=O)c1ccc(-c2ccc(F)c(Cl)c2)nc1C. The number of aryl methyl sites for hydroxylation is 1. The van der Waals surface area contributed by atoms with Crippen LogP contribution in [-0.4, -0.2) is 17.6 Å². The Hall–Kier alpha value is -1.94. The van der Waals surface area contributed by atoms with E-state index in [0.717, 1.165) is 0 Å². The summed E-state index contributed by atoms with van der Waals surface area (Å²) in [5.41, 5.74) is 2.29. The maximum absolute atomic E-state index is 13.1. The minimum atomic E-state index is -0.477. The van der Waals surface area contributed by atoms with E-state index in [1.54, 1.807) is 32.0 Å². The van der Waals surface area contributed by atoms with Gasteiger partial charge in [0, 0.05) is 5.56 Å². The molecule has 0 unspecified atom stereocenters. The van der Waals surface area contributed by atoms with Gasteiger partial charge in [0.15, 0.2) is 0 Å². The van der Waals surface area contributed by atoms with Crippen LogP contribution >= 0.6 is 11.6 Å². The molecule has 1 aromatic heterocycles. The summed E-state index contributed by atoms with van der Waals surface area (Å²) in [7, 11) is 0. The van der Waals surface area contributed by atoms with Crippen molar-refractivity contribution in [1.82, 2.24) is 4.98 Å². The third-order valence-corrected chi connectivity index (χ3v) is 3.09. The summed E-state index contributed by atoms with van der Waals surface area (Å²) < 4.78 is 18.1. The van der Waals surface area contributed by atoms with E-state index in [9.17, 15) is 9.18 Å². The predicted molar refractivity (Wildman–Crippen MR) is 75.3 cm³/mol. The number of hydrogen-bond acceptors (Lipinski definition) is 3. The van der Waals surface area contributed by atoms with E-state index in [0.29, 0.717) is 29.1 Å². The van der Waals surface area contributed by atoms with Crippen LogP contribution in [0.15, 0.2) is 30.3 Å². The number of benzene rings is 1. The monoisotopic (exact) mass is 293 g/mol. The van der Waals surface area contributed by atoms with Gasteiger partial charge in [-0.2, -0.15) is 0 Å². The molecule has 2 aromatic rings. The van der Waals surface area contributed by atoms with Gasteiger partial charge >= 0.3 is 5.97 Å². The fourth-order valence-corrected chi connectivity index (χ4v) is 1.98. The molecule has 20 heavy (non-hydrogen) atoms. The Kier molecular flexibility index (Phi) is 4.35. The van der Waals surface area contributed by atoms with Gasteiger partial charge in [0.2, 0.25) is 0 Å². The molecule has 0 radical (unpaired) electrons. The molecule has 0 fully saturated rings. The average molecular weight is 294 g/mol. The highest BCUT2D eigenvalue weighted by Crippen LogP contribution is 2.24. The standard InChI is InChI=1S/C15H13ClFNO2/c1-3-20-15(19)11-5-7-14(18-9(11)2)10-4-6-13(17)12(16)8-10/h4-8H,3H2,1-2H3. The molecule has 0 aliphatic rings. The van der Waals surface area contributed by atoms with Crippen LogP contribution in [0.2, 0.25) is 5.02 Å². The molecule has 1 heterocycles. The molecule has 1 aromatic carbocycles. The van der Waals surface area contributed by atoms with Gasteiger partial charge in [-0.25, -0.2) is 9.18 Å². The molecule has 0 amide bonds. The molecule has 0 saturated heterocycles. The second-order valence-electron chi connectivity index (χ2n) is 4.18. The van der Waals surface area contributed by atoms with E-state index in [1.165, 1.54) is 12.1 Å². The largest absolute Gasteiger partial charge is 0.462 e. The highest BCUT2D eigenvalue weighted by Gasteiger charge is 2.12. The predicted octanol–water partition coefficient (Wildman–Crippen LogP) is 4.03. The van der Waals surface area contributed by atoms with Crippen LogP contribution in [-0.2, 0) is 4.74 Å². The number of ether oxygens (including phenoxy) is 1. The third kappa shape index (κ3) is 2.96. The first-order valence-electron chi connectivity index (χ1n) is 6.13. The van der Waals surface area contributed by atoms with E-state index >= 15 is 0 Å². The number of halogens is 2. The highest BCUT2D eigenvalue weighted by atomic mass is 35.5. The summed E-state index contributed by atoms with van der Waals surface area (Å²) in [6, 6.07) is 7.71. The van der Waals surface area contributed by atoms with Gasteiger partial charge < -0.3 is 4.74 Å². The van der Waals surface area contributed by atoms with Gasteiger partial charge in [-0.3, -0.25) is 4.98 Å². The lowest BCUT2D eigenvalue weighted by molar-refractivity contribution is 0.0525. The molecule has 2 rings (SSSR count). The lowest BCUT2D eigenvalue weighted by Gasteiger charge is -2.08. The molecule has 0 N–H and O–H groups in total. The Bertz CT molecular complexity index is 658. The summed E-state index contributed by atoms with van der Waals surface area (Å²) >= 11 is 5.75. The molecule has 0 aliphatic carbocycles. The molecule has 0 aliphatic heterocycles. The van der Waals surface area contributed by atoms with Crippen molar-refractivity contribution in [2.75, 3.05) is 6.61 Å². The second kappa shape index (κ2) is 6.01. The number of aromatic nitrogens is 1. The van der Waals surface area contributed by atoms with Crippen molar-refractivity contribution < 1.29 is 13.9 Å². The van der Waals surface area contributed by atoms with E-state index in [-0.39, 0.29) is 5.02 Å². The Morgan fingerprint density at radius 1 is 1.35 bits per heavy atom. The van der Waals surface area contributed by atoms with Gasteiger partial charge in [0.25, 0.3) is 0 Å². The summed E-state index contributed by atoms with van der Waals surface area (Å²) in [6.07, 6.45) is 0. The van der Waals surface area contributed by atoms with Crippen LogP contribution in [0, 0.1) is 12.7 Å². The number of pyridine rings is 1. The summed E-state index contributed by atoms with van der Waals surface area (Å²) in [6.45, 7) is 3.78. The van der Waals surface area contributed by atoms with Crippen molar-refractivity contribution >= 4 is 17.6 Å². The Morgan fingerprint density at radius 3 is 2.70 bits per heavy atom. The number of rotatable bonds is 3. The molecule has 0 spiro atoms. The molecule has 0 bridgehead atoms. The van der Waals surface area contributed by atoms with Gasteiger partial charge in [0.05, 0.1) is 28.6 Å². The van der Waals surface area contributed by atoms with Crippen LogP contribution in [0.3, 0.4) is 0 Å². The molecular formula is C15H13ClFNO2. The van der Waals surface area contributed by atoms with Crippen LogP contribution in [0.1, 0.15) is 23.0 Å². The normalized spacial score (nSPS) is 10.4. The maximum atomic E-state index is 13.1. The van der Waals surface area contributed by atoms with Crippen LogP contribution in [0.5, 0.6) is 0 Å². The Morgan fingerprint density at radius 2 is 2.10 bits per heavy atom. The van der Waals surface area contributed by atoms with Crippen molar-refractivity contribution in [3.8, 4) is 11.3 Å². The highest BCUT2D eigenvalue weighted by molar-refractivity contribution is 6.31. The lowest BCUT2D eigenvalue weighted by atomic mass is 10.1. The molecule has 0 saturated carbocycles. The minimum Gasteiger partial charge on any atom is -0.462 e. The molecule has 5 heteroatoms. The van der Waals surface area contributed by atoms with Crippen molar-refractivity contribution in [2.45, 2.75) is 13.8 Å². The molecule has 0 atom stereocenters. The summed E-state index contributed by atoms with van der Waals surface area (Å²) in [5.74, 6) is -0.878. The lowest BCUT2D eigenvalue weighted by Crippen LogP contribution is -2.08.